The average molecular weight is 262 g/mol. The van der Waals surface area contributed by atoms with Crippen LogP contribution in [0.3, 0.4) is 0 Å². The summed E-state index contributed by atoms with van der Waals surface area (Å²) in [4.78, 5) is 14.8. The molecule has 0 aliphatic rings. The van der Waals surface area contributed by atoms with Crippen molar-refractivity contribution < 1.29 is 19.0 Å². The molecule has 0 atom stereocenters. The lowest BCUT2D eigenvalue weighted by molar-refractivity contribution is 0.0697. The summed E-state index contributed by atoms with van der Waals surface area (Å²) in [5.41, 5.74) is 6.30. The number of carboxylic acid groups (broad SMARTS) is 1. The van der Waals surface area contributed by atoms with Gasteiger partial charge >= 0.3 is 5.97 Å². The first-order chi connectivity index (χ1) is 9.02. The van der Waals surface area contributed by atoms with Crippen molar-refractivity contribution in [2.24, 2.45) is 0 Å². The third-order valence-electron chi connectivity index (χ3n) is 2.63. The van der Waals surface area contributed by atoms with Crippen molar-refractivity contribution >= 4 is 11.8 Å². The number of carbonyl (C=O) groups is 1. The van der Waals surface area contributed by atoms with E-state index < -0.39 is 11.8 Å². The smallest absolute Gasteiger partial charge is 0.339 e. The molecular weight excluding hydrogens is 251 g/mol. The lowest BCUT2D eigenvalue weighted by Crippen LogP contribution is -2.04. The summed E-state index contributed by atoms with van der Waals surface area (Å²) in [6.45, 7) is 0. The van der Waals surface area contributed by atoms with Crippen LogP contribution in [-0.2, 0) is 0 Å². The maximum absolute atomic E-state index is 13.6. The third kappa shape index (κ3) is 2.47. The molecule has 0 saturated carbocycles. The van der Waals surface area contributed by atoms with Gasteiger partial charge in [0.2, 0.25) is 0 Å². The molecule has 0 aliphatic carbocycles. The van der Waals surface area contributed by atoms with E-state index in [1.807, 2.05) is 0 Å². The number of nitrogen functional groups attached to an aromatic ring is 1. The molecule has 1 aromatic carbocycles. The van der Waals surface area contributed by atoms with Gasteiger partial charge in [-0.05, 0) is 23.8 Å². The van der Waals surface area contributed by atoms with Crippen LogP contribution in [0.4, 0.5) is 10.2 Å². The Morgan fingerprint density at radius 2 is 2.11 bits per heavy atom. The monoisotopic (exact) mass is 262 g/mol. The Morgan fingerprint density at radius 3 is 2.68 bits per heavy atom. The fourth-order valence-electron chi connectivity index (χ4n) is 1.65. The highest BCUT2D eigenvalue weighted by Crippen LogP contribution is 2.26. The fraction of sp³-hybridized carbons (Fsp3) is 0.0769. The number of aromatic nitrogens is 1. The van der Waals surface area contributed by atoms with E-state index in [0.717, 1.165) is 0 Å². The molecule has 5 nitrogen and oxygen atoms in total. The van der Waals surface area contributed by atoms with E-state index in [1.165, 1.54) is 31.5 Å². The predicted molar refractivity (Wildman–Crippen MR) is 67.6 cm³/mol. The van der Waals surface area contributed by atoms with Gasteiger partial charge in [0, 0.05) is 11.8 Å². The highest BCUT2D eigenvalue weighted by Gasteiger charge is 2.12. The van der Waals surface area contributed by atoms with Crippen LogP contribution in [0.5, 0.6) is 5.75 Å². The van der Waals surface area contributed by atoms with Gasteiger partial charge in [-0.15, -0.1) is 0 Å². The quantitative estimate of drug-likeness (QED) is 0.885. The summed E-state index contributed by atoms with van der Waals surface area (Å²) in [5, 5.41) is 8.96. The number of benzene rings is 1. The largest absolute Gasteiger partial charge is 0.494 e. The molecule has 0 spiro atoms. The number of carboxylic acids is 1. The number of nitrogens with zero attached hydrogens (tertiary/aromatic N) is 1. The van der Waals surface area contributed by atoms with E-state index in [9.17, 15) is 9.18 Å². The number of halogens is 1. The zero-order chi connectivity index (χ0) is 14.0. The second-order valence-corrected chi connectivity index (χ2v) is 3.81. The summed E-state index contributed by atoms with van der Waals surface area (Å²) in [7, 11) is 1.37. The lowest BCUT2D eigenvalue weighted by Gasteiger charge is -2.07. The van der Waals surface area contributed by atoms with Gasteiger partial charge in [0.25, 0.3) is 0 Å². The van der Waals surface area contributed by atoms with Gasteiger partial charge < -0.3 is 15.6 Å². The van der Waals surface area contributed by atoms with Crippen molar-refractivity contribution in [2.75, 3.05) is 12.8 Å². The molecule has 0 unspecified atom stereocenters. The molecule has 0 bridgehead atoms. The number of methoxy groups -OCH3 is 1. The molecule has 3 N–H and O–H groups in total. The number of hydrogen-bond acceptors (Lipinski definition) is 4. The van der Waals surface area contributed by atoms with Gasteiger partial charge in [-0.2, -0.15) is 0 Å². The fourth-order valence-corrected chi connectivity index (χ4v) is 1.65. The van der Waals surface area contributed by atoms with Gasteiger partial charge in [0.1, 0.15) is 11.4 Å². The standard InChI is InChI=1S/C13H11FN2O3/c1-19-11-3-2-7(5-10(11)14)8-4-9(13(17)18)12(15)16-6-8/h2-6H,1H3,(H2,15,16)(H,17,18). The van der Waals surface area contributed by atoms with Crippen LogP contribution in [0.15, 0.2) is 30.5 Å². The minimum Gasteiger partial charge on any atom is -0.494 e. The minimum absolute atomic E-state index is 0.0785. The van der Waals surface area contributed by atoms with E-state index in [0.29, 0.717) is 11.1 Å². The third-order valence-corrected chi connectivity index (χ3v) is 2.63. The number of ether oxygens (including phenoxy) is 1. The molecular formula is C13H11FN2O3. The molecule has 98 valence electrons. The number of anilines is 1. The summed E-state index contributed by atoms with van der Waals surface area (Å²) >= 11 is 0. The summed E-state index contributed by atoms with van der Waals surface area (Å²) < 4.78 is 18.4. The van der Waals surface area contributed by atoms with Crippen LogP contribution in [0.2, 0.25) is 0 Å². The highest BCUT2D eigenvalue weighted by atomic mass is 19.1. The second-order valence-electron chi connectivity index (χ2n) is 3.81. The van der Waals surface area contributed by atoms with E-state index >= 15 is 0 Å². The Labute approximate surface area is 108 Å². The number of aromatic carboxylic acids is 1. The zero-order valence-corrected chi connectivity index (χ0v) is 10.1. The Balaban J connectivity index is 2.50. The maximum atomic E-state index is 13.6. The first kappa shape index (κ1) is 12.8. The van der Waals surface area contributed by atoms with E-state index in [1.54, 1.807) is 6.07 Å². The van der Waals surface area contributed by atoms with Crippen LogP contribution in [0.25, 0.3) is 11.1 Å². The van der Waals surface area contributed by atoms with Crippen LogP contribution < -0.4 is 10.5 Å². The van der Waals surface area contributed by atoms with Crippen molar-refractivity contribution in [3.63, 3.8) is 0 Å². The lowest BCUT2D eigenvalue weighted by atomic mass is 10.1. The highest BCUT2D eigenvalue weighted by molar-refractivity contribution is 5.94. The Bertz CT molecular complexity index is 644. The van der Waals surface area contributed by atoms with Gasteiger partial charge in [0.15, 0.2) is 11.6 Å². The predicted octanol–water partition coefficient (Wildman–Crippen LogP) is 2.18. The number of nitrogens with two attached hydrogens (primary N) is 1. The van der Waals surface area contributed by atoms with Crippen molar-refractivity contribution in [1.82, 2.24) is 4.98 Å². The second kappa shape index (κ2) is 4.93. The normalized spacial score (nSPS) is 10.2. The van der Waals surface area contributed by atoms with Crippen LogP contribution in [-0.4, -0.2) is 23.2 Å². The molecule has 6 heteroatoms. The molecule has 2 rings (SSSR count). The van der Waals surface area contributed by atoms with Crippen molar-refractivity contribution in [2.45, 2.75) is 0 Å². The molecule has 1 heterocycles. The average Bonchev–Trinajstić information content (AvgIpc) is 2.38. The van der Waals surface area contributed by atoms with E-state index in [2.05, 4.69) is 4.98 Å². The first-order valence-corrected chi connectivity index (χ1v) is 5.35. The van der Waals surface area contributed by atoms with Crippen LogP contribution in [0, 0.1) is 5.82 Å². The summed E-state index contributed by atoms with van der Waals surface area (Å²) in [6.07, 6.45) is 1.39. The first-order valence-electron chi connectivity index (χ1n) is 5.35. The zero-order valence-electron chi connectivity index (χ0n) is 10.1. The Kier molecular flexibility index (Phi) is 3.33. The number of pyridine rings is 1. The Hall–Kier alpha value is -2.63. The molecule has 0 saturated heterocycles. The molecule has 0 aliphatic heterocycles. The van der Waals surface area contributed by atoms with Crippen molar-refractivity contribution in [3.8, 4) is 16.9 Å². The van der Waals surface area contributed by atoms with Gasteiger partial charge in [-0.3, -0.25) is 0 Å². The van der Waals surface area contributed by atoms with Gasteiger partial charge in [-0.1, -0.05) is 6.07 Å². The number of rotatable bonds is 3. The topological polar surface area (TPSA) is 85.4 Å². The molecule has 0 radical (unpaired) electrons. The maximum Gasteiger partial charge on any atom is 0.339 e. The van der Waals surface area contributed by atoms with E-state index in [4.69, 9.17) is 15.6 Å². The van der Waals surface area contributed by atoms with E-state index in [-0.39, 0.29) is 17.1 Å². The minimum atomic E-state index is -1.18. The van der Waals surface area contributed by atoms with Gasteiger partial charge in [-0.25, -0.2) is 14.2 Å². The molecule has 0 amide bonds. The summed E-state index contributed by atoms with van der Waals surface area (Å²) in [6, 6.07) is 5.67. The van der Waals surface area contributed by atoms with Crippen molar-refractivity contribution in [3.05, 3.63) is 41.8 Å². The molecule has 1 aromatic heterocycles. The SMILES string of the molecule is COc1ccc(-c2cnc(N)c(C(=O)O)c2)cc1F. The van der Waals surface area contributed by atoms with Crippen LogP contribution in [0.1, 0.15) is 10.4 Å². The van der Waals surface area contributed by atoms with Crippen LogP contribution >= 0.6 is 0 Å². The molecule has 19 heavy (non-hydrogen) atoms. The molecule has 2 aromatic rings. The van der Waals surface area contributed by atoms with Crippen molar-refractivity contribution in [1.29, 1.82) is 0 Å². The molecule has 0 fully saturated rings. The summed E-state index contributed by atoms with van der Waals surface area (Å²) in [5.74, 6) is -1.68. The number of hydrogen-bond donors (Lipinski definition) is 2. The Morgan fingerprint density at radius 1 is 1.37 bits per heavy atom. The van der Waals surface area contributed by atoms with Gasteiger partial charge in [0.05, 0.1) is 7.11 Å².